The van der Waals surface area contributed by atoms with Crippen LogP contribution in [0.15, 0.2) is 18.2 Å². The van der Waals surface area contributed by atoms with Crippen molar-refractivity contribution in [2.24, 2.45) is 5.73 Å². The fourth-order valence-corrected chi connectivity index (χ4v) is 2.14. The molecule has 1 aromatic rings. The van der Waals surface area contributed by atoms with Crippen LogP contribution in [0.25, 0.3) is 0 Å². The number of hydrogen-bond acceptors (Lipinski definition) is 2. The molecule has 3 N–H and O–H groups in total. The number of carbonyl (C=O) groups excluding carboxylic acids is 1. The van der Waals surface area contributed by atoms with Gasteiger partial charge in [-0.1, -0.05) is 26.0 Å². The summed E-state index contributed by atoms with van der Waals surface area (Å²) in [4.78, 5) is 11.4. The Labute approximate surface area is 96.0 Å². The Morgan fingerprint density at radius 1 is 1.50 bits per heavy atom. The molecule has 3 nitrogen and oxygen atoms in total. The number of amides is 1. The first kappa shape index (κ1) is 11.1. The summed E-state index contributed by atoms with van der Waals surface area (Å²) < 4.78 is 0. The van der Waals surface area contributed by atoms with Gasteiger partial charge in [0.25, 0.3) is 0 Å². The summed E-state index contributed by atoms with van der Waals surface area (Å²) in [5.41, 5.74) is 9.14. The second kappa shape index (κ2) is 4.26. The summed E-state index contributed by atoms with van der Waals surface area (Å²) in [7, 11) is 0. The van der Waals surface area contributed by atoms with Crippen LogP contribution in [0.2, 0.25) is 0 Å². The number of nitrogens with one attached hydrogen (secondary N) is 1. The molecule has 86 valence electrons. The van der Waals surface area contributed by atoms with Gasteiger partial charge in [-0.25, -0.2) is 0 Å². The van der Waals surface area contributed by atoms with E-state index >= 15 is 0 Å². The van der Waals surface area contributed by atoms with E-state index in [1.54, 1.807) is 0 Å². The average Bonchev–Trinajstić information content (AvgIpc) is 2.27. The highest BCUT2D eigenvalue weighted by atomic mass is 16.1. The number of anilines is 1. The van der Waals surface area contributed by atoms with Crippen molar-refractivity contribution in [2.75, 3.05) is 11.9 Å². The van der Waals surface area contributed by atoms with Gasteiger partial charge < -0.3 is 11.1 Å². The van der Waals surface area contributed by atoms with Crippen LogP contribution in [0, 0.1) is 0 Å². The summed E-state index contributed by atoms with van der Waals surface area (Å²) in [6.07, 6.45) is 0.505. The third-order valence-electron chi connectivity index (χ3n) is 3.17. The molecule has 0 fully saturated rings. The van der Waals surface area contributed by atoms with Gasteiger partial charge >= 0.3 is 0 Å². The molecule has 1 amide bonds. The predicted octanol–water partition coefficient (Wildman–Crippen LogP) is 2.19. The van der Waals surface area contributed by atoms with Crippen molar-refractivity contribution in [3.05, 3.63) is 29.3 Å². The SMILES string of the molecule is CC(C)c1ccc2c(c1)C(CN)CC(=O)N2. The van der Waals surface area contributed by atoms with E-state index in [-0.39, 0.29) is 11.8 Å². The zero-order chi connectivity index (χ0) is 11.7. The Kier molecular flexibility index (Phi) is 2.97. The van der Waals surface area contributed by atoms with Crippen LogP contribution in [-0.2, 0) is 4.79 Å². The molecule has 0 radical (unpaired) electrons. The quantitative estimate of drug-likeness (QED) is 0.799. The lowest BCUT2D eigenvalue weighted by Crippen LogP contribution is -2.27. The van der Waals surface area contributed by atoms with Gasteiger partial charge in [0.15, 0.2) is 0 Å². The van der Waals surface area contributed by atoms with Crippen molar-refractivity contribution >= 4 is 11.6 Å². The number of benzene rings is 1. The minimum absolute atomic E-state index is 0.0697. The Morgan fingerprint density at radius 3 is 2.88 bits per heavy atom. The molecular formula is C13H18N2O. The molecule has 2 rings (SSSR count). The smallest absolute Gasteiger partial charge is 0.225 e. The Bertz CT molecular complexity index is 412. The van der Waals surface area contributed by atoms with E-state index in [4.69, 9.17) is 5.73 Å². The highest BCUT2D eigenvalue weighted by Crippen LogP contribution is 2.33. The lowest BCUT2D eigenvalue weighted by Gasteiger charge is -2.25. The van der Waals surface area contributed by atoms with Gasteiger partial charge in [-0.05, 0) is 29.7 Å². The molecule has 16 heavy (non-hydrogen) atoms. The van der Waals surface area contributed by atoms with Crippen LogP contribution in [0.3, 0.4) is 0 Å². The van der Waals surface area contributed by atoms with E-state index in [9.17, 15) is 4.79 Å². The lowest BCUT2D eigenvalue weighted by atomic mass is 9.87. The first-order chi connectivity index (χ1) is 7.61. The third-order valence-corrected chi connectivity index (χ3v) is 3.17. The zero-order valence-electron chi connectivity index (χ0n) is 9.79. The van der Waals surface area contributed by atoms with E-state index in [2.05, 4.69) is 31.3 Å². The van der Waals surface area contributed by atoms with Gasteiger partial charge in [-0.3, -0.25) is 4.79 Å². The molecule has 1 atom stereocenters. The molecule has 1 aliphatic heterocycles. The van der Waals surface area contributed by atoms with Gasteiger partial charge in [0.05, 0.1) is 0 Å². The number of fused-ring (bicyclic) bond motifs is 1. The monoisotopic (exact) mass is 218 g/mol. The van der Waals surface area contributed by atoms with E-state index in [1.165, 1.54) is 11.1 Å². The maximum atomic E-state index is 11.4. The van der Waals surface area contributed by atoms with Gasteiger partial charge in [-0.2, -0.15) is 0 Å². The van der Waals surface area contributed by atoms with Crippen molar-refractivity contribution in [1.29, 1.82) is 0 Å². The Balaban J connectivity index is 2.43. The highest BCUT2D eigenvalue weighted by Gasteiger charge is 2.24. The Morgan fingerprint density at radius 2 is 2.25 bits per heavy atom. The average molecular weight is 218 g/mol. The highest BCUT2D eigenvalue weighted by molar-refractivity contribution is 5.94. The minimum Gasteiger partial charge on any atom is -0.330 e. The maximum absolute atomic E-state index is 11.4. The van der Waals surface area contributed by atoms with E-state index in [0.29, 0.717) is 18.9 Å². The predicted molar refractivity (Wildman–Crippen MR) is 65.6 cm³/mol. The molecule has 1 aliphatic rings. The van der Waals surface area contributed by atoms with Crippen LogP contribution in [0.4, 0.5) is 5.69 Å². The number of rotatable bonds is 2. The molecule has 1 unspecified atom stereocenters. The summed E-state index contributed by atoms with van der Waals surface area (Å²) in [5, 5.41) is 2.90. The normalized spacial score (nSPS) is 19.5. The Hall–Kier alpha value is -1.35. The second-order valence-corrected chi connectivity index (χ2v) is 4.69. The van der Waals surface area contributed by atoms with Crippen molar-refractivity contribution in [2.45, 2.75) is 32.1 Å². The molecule has 0 bridgehead atoms. The number of nitrogens with two attached hydrogens (primary N) is 1. The summed E-state index contributed by atoms with van der Waals surface area (Å²) >= 11 is 0. The van der Waals surface area contributed by atoms with Crippen molar-refractivity contribution in [3.63, 3.8) is 0 Å². The van der Waals surface area contributed by atoms with Crippen LogP contribution in [0.5, 0.6) is 0 Å². The number of carbonyl (C=O) groups is 1. The molecule has 0 saturated carbocycles. The molecule has 3 heteroatoms. The van der Waals surface area contributed by atoms with Crippen LogP contribution in [0.1, 0.15) is 43.2 Å². The van der Waals surface area contributed by atoms with E-state index < -0.39 is 0 Å². The molecule has 0 spiro atoms. The first-order valence-corrected chi connectivity index (χ1v) is 5.75. The van der Waals surface area contributed by atoms with E-state index in [1.807, 2.05) is 6.07 Å². The van der Waals surface area contributed by atoms with Gasteiger partial charge in [0.2, 0.25) is 5.91 Å². The molecular weight excluding hydrogens is 200 g/mol. The zero-order valence-corrected chi connectivity index (χ0v) is 9.79. The number of hydrogen-bond donors (Lipinski definition) is 2. The minimum atomic E-state index is 0.0697. The molecule has 1 heterocycles. The summed E-state index contributed by atoms with van der Waals surface area (Å²) in [5.74, 6) is 0.740. The van der Waals surface area contributed by atoms with Crippen LogP contribution in [-0.4, -0.2) is 12.5 Å². The largest absolute Gasteiger partial charge is 0.330 e. The summed E-state index contributed by atoms with van der Waals surface area (Å²) in [6.45, 7) is 4.86. The second-order valence-electron chi connectivity index (χ2n) is 4.69. The molecule has 1 aromatic carbocycles. The lowest BCUT2D eigenvalue weighted by molar-refractivity contribution is -0.116. The van der Waals surface area contributed by atoms with E-state index in [0.717, 1.165) is 5.69 Å². The fourth-order valence-electron chi connectivity index (χ4n) is 2.14. The topological polar surface area (TPSA) is 55.1 Å². The van der Waals surface area contributed by atoms with Crippen LogP contribution < -0.4 is 11.1 Å². The van der Waals surface area contributed by atoms with Gasteiger partial charge in [-0.15, -0.1) is 0 Å². The third kappa shape index (κ3) is 1.95. The van der Waals surface area contributed by atoms with Gasteiger partial charge in [0, 0.05) is 18.0 Å². The van der Waals surface area contributed by atoms with Crippen LogP contribution >= 0.6 is 0 Å². The fraction of sp³-hybridized carbons (Fsp3) is 0.462. The van der Waals surface area contributed by atoms with Gasteiger partial charge in [0.1, 0.15) is 0 Å². The van der Waals surface area contributed by atoms with Crippen molar-refractivity contribution in [3.8, 4) is 0 Å². The summed E-state index contributed by atoms with van der Waals surface area (Å²) in [6, 6.07) is 6.24. The molecule has 0 saturated heterocycles. The van der Waals surface area contributed by atoms with Crippen molar-refractivity contribution in [1.82, 2.24) is 0 Å². The molecule has 0 aromatic heterocycles. The molecule has 0 aliphatic carbocycles. The van der Waals surface area contributed by atoms with Crippen molar-refractivity contribution < 1.29 is 4.79 Å². The standard InChI is InChI=1S/C13H18N2O/c1-8(2)9-3-4-12-11(5-9)10(7-14)6-13(16)15-12/h3-5,8,10H,6-7,14H2,1-2H3,(H,15,16). The maximum Gasteiger partial charge on any atom is 0.225 e. The first-order valence-electron chi connectivity index (χ1n) is 5.75.